The maximum atomic E-state index is 12.4. The minimum Gasteiger partial charge on any atom is -0.318 e. The summed E-state index contributed by atoms with van der Waals surface area (Å²) >= 11 is 0. The van der Waals surface area contributed by atoms with Gasteiger partial charge < -0.3 is 5.32 Å². The van der Waals surface area contributed by atoms with Crippen molar-refractivity contribution >= 4 is 0 Å². The van der Waals surface area contributed by atoms with E-state index in [1.165, 1.54) is 4.90 Å². The molecule has 0 saturated carbocycles. The molecule has 0 aliphatic heterocycles. The van der Waals surface area contributed by atoms with Gasteiger partial charge in [0.1, 0.15) is 0 Å². The van der Waals surface area contributed by atoms with Crippen LogP contribution in [0.2, 0.25) is 0 Å². The molecule has 0 amide bonds. The second-order valence-corrected chi connectivity index (χ2v) is 4.23. The van der Waals surface area contributed by atoms with Crippen molar-refractivity contribution in [3.8, 4) is 0 Å². The molecule has 0 aliphatic carbocycles. The van der Waals surface area contributed by atoms with Crippen molar-refractivity contribution in [3.63, 3.8) is 0 Å². The SMILES string of the molecule is CNCCN(CCc1ccccc1)CC(F)(F)F. The zero-order valence-corrected chi connectivity index (χ0v) is 10.5. The number of likely N-dealkylation sites (N-methyl/N-ethyl adjacent to an activating group) is 1. The Kier molecular flexibility index (Phi) is 6.15. The smallest absolute Gasteiger partial charge is 0.318 e. The van der Waals surface area contributed by atoms with E-state index in [2.05, 4.69) is 5.32 Å². The third kappa shape index (κ3) is 6.61. The number of alkyl halides is 3. The van der Waals surface area contributed by atoms with Crippen LogP contribution in [0.5, 0.6) is 0 Å². The monoisotopic (exact) mass is 260 g/mol. The summed E-state index contributed by atoms with van der Waals surface area (Å²) in [7, 11) is 1.74. The van der Waals surface area contributed by atoms with Gasteiger partial charge in [-0.2, -0.15) is 13.2 Å². The molecule has 0 aliphatic rings. The Labute approximate surface area is 106 Å². The summed E-state index contributed by atoms with van der Waals surface area (Å²) in [6.45, 7) is 0.542. The fourth-order valence-electron chi connectivity index (χ4n) is 1.73. The van der Waals surface area contributed by atoms with Crippen molar-refractivity contribution < 1.29 is 13.2 Å². The van der Waals surface area contributed by atoms with Crippen LogP contribution in [-0.2, 0) is 6.42 Å². The molecule has 1 aromatic rings. The van der Waals surface area contributed by atoms with Crippen molar-refractivity contribution in [2.24, 2.45) is 0 Å². The summed E-state index contributed by atoms with van der Waals surface area (Å²) in [4.78, 5) is 1.43. The number of hydrogen-bond donors (Lipinski definition) is 1. The van der Waals surface area contributed by atoms with Crippen molar-refractivity contribution in [2.75, 3.05) is 33.2 Å². The molecule has 1 aromatic carbocycles. The third-order valence-electron chi connectivity index (χ3n) is 2.64. The van der Waals surface area contributed by atoms with Gasteiger partial charge in [0.2, 0.25) is 0 Å². The summed E-state index contributed by atoms with van der Waals surface area (Å²) in [5.74, 6) is 0. The molecular formula is C13H19F3N2. The molecular weight excluding hydrogens is 241 g/mol. The normalized spacial score (nSPS) is 12.1. The van der Waals surface area contributed by atoms with Crippen LogP contribution >= 0.6 is 0 Å². The first kappa shape index (κ1) is 15.0. The largest absolute Gasteiger partial charge is 0.401 e. The predicted octanol–water partition coefficient (Wildman–Crippen LogP) is 2.31. The number of hydrogen-bond acceptors (Lipinski definition) is 2. The number of rotatable bonds is 7. The van der Waals surface area contributed by atoms with Gasteiger partial charge in [0, 0.05) is 19.6 Å². The van der Waals surface area contributed by atoms with Gasteiger partial charge in [0.25, 0.3) is 0 Å². The van der Waals surface area contributed by atoms with Crippen LogP contribution in [0.1, 0.15) is 5.56 Å². The minimum atomic E-state index is -4.13. The molecule has 0 bridgehead atoms. The van der Waals surface area contributed by atoms with Gasteiger partial charge in [-0.25, -0.2) is 0 Å². The lowest BCUT2D eigenvalue weighted by molar-refractivity contribution is -0.145. The highest BCUT2D eigenvalue weighted by Crippen LogP contribution is 2.16. The molecule has 5 heteroatoms. The molecule has 0 atom stereocenters. The average Bonchev–Trinajstić information content (AvgIpc) is 2.32. The van der Waals surface area contributed by atoms with Gasteiger partial charge in [-0.1, -0.05) is 30.3 Å². The first-order valence-corrected chi connectivity index (χ1v) is 5.99. The Morgan fingerprint density at radius 2 is 1.78 bits per heavy atom. The van der Waals surface area contributed by atoms with Crippen LogP contribution in [0.25, 0.3) is 0 Å². The quantitative estimate of drug-likeness (QED) is 0.809. The van der Waals surface area contributed by atoms with Crippen LogP contribution in [0.3, 0.4) is 0 Å². The standard InChI is InChI=1S/C13H19F3N2/c1-17-8-10-18(11-13(14,15)16)9-7-12-5-3-2-4-6-12/h2-6,17H,7-11H2,1H3. The van der Waals surface area contributed by atoms with Crippen molar-refractivity contribution in [2.45, 2.75) is 12.6 Å². The summed E-state index contributed by atoms with van der Waals surface area (Å²) in [5.41, 5.74) is 1.06. The van der Waals surface area contributed by atoms with E-state index in [-0.39, 0.29) is 0 Å². The second kappa shape index (κ2) is 7.38. The van der Waals surface area contributed by atoms with Crippen LogP contribution < -0.4 is 5.32 Å². The lowest BCUT2D eigenvalue weighted by Crippen LogP contribution is -2.39. The van der Waals surface area contributed by atoms with E-state index in [0.29, 0.717) is 26.1 Å². The van der Waals surface area contributed by atoms with Gasteiger partial charge in [-0.05, 0) is 19.0 Å². The molecule has 1 rings (SSSR count). The molecule has 0 unspecified atom stereocenters. The highest BCUT2D eigenvalue weighted by Gasteiger charge is 2.30. The number of nitrogens with one attached hydrogen (secondary N) is 1. The molecule has 18 heavy (non-hydrogen) atoms. The Morgan fingerprint density at radius 1 is 1.11 bits per heavy atom. The fraction of sp³-hybridized carbons (Fsp3) is 0.538. The van der Waals surface area contributed by atoms with Crippen molar-refractivity contribution in [1.82, 2.24) is 10.2 Å². The highest BCUT2D eigenvalue weighted by atomic mass is 19.4. The molecule has 0 aromatic heterocycles. The Bertz CT molecular complexity index is 325. The Morgan fingerprint density at radius 3 is 2.33 bits per heavy atom. The summed E-state index contributed by atoms with van der Waals surface area (Å²) in [6.07, 6.45) is -3.49. The van der Waals surface area contributed by atoms with Crippen LogP contribution in [-0.4, -0.2) is 44.3 Å². The summed E-state index contributed by atoms with van der Waals surface area (Å²) in [6, 6.07) is 9.57. The predicted molar refractivity (Wildman–Crippen MR) is 66.6 cm³/mol. The maximum Gasteiger partial charge on any atom is 0.401 e. The lowest BCUT2D eigenvalue weighted by atomic mass is 10.1. The molecule has 0 radical (unpaired) electrons. The maximum absolute atomic E-state index is 12.4. The Balaban J connectivity index is 2.45. The van der Waals surface area contributed by atoms with Crippen LogP contribution in [0, 0.1) is 0 Å². The highest BCUT2D eigenvalue weighted by molar-refractivity contribution is 5.14. The van der Waals surface area contributed by atoms with E-state index in [0.717, 1.165) is 5.56 Å². The fourth-order valence-corrected chi connectivity index (χ4v) is 1.73. The van der Waals surface area contributed by atoms with E-state index in [1.54, 1.807) is 7.05 Å². The first-order chi connectivity index (χ1) is 8.51. The third-order valence-corrected chi connectivity index (χ3v) is 2.64. The zero-order valence-electron chi connectivity index (χ0n) is 10.5. The number of halogens is 3. The minimum absolute atomic E-state index is 0.406. The molecule has 0 saturated heterocycles. The number of nitrogens with zero attached hydrogens (tertiary/aromatic N) is 1. The molecule has 0 heterocycles. The van der Waals surface area contributed by atoms with Crippen LogP contribution in [0.4, 0.5) is 13.2 Å². The van der Waals surface area contributed by atoms with E-state index >= 15 is 0 Å². The van der Waals surface area contributed by atoms with E-state index in [1.807, 2.05) is 30.3 Å². The van der Waals surface area contributed by atoms with Crippen molar-refractivity contribution in [1.29, 1.82) is 0 Å². The van der Waals surface area contributed by atoms with Gasteiger partial charge >= 0.3 is 6.18 Å². The summed E-state index contributed by atoms with van der Waals surface area (Å²) in [5, 5.41) is 2.87. The van der Waals surface area contributed by atoms with Gasteiger partial charge in [-0.15, -0.1) is 0 Å². The topological polar surface area (TPSA) is 15.3 Å². The summed E-state index contributed by atoms with van der Waals surface area (Å²) < 4.78 is 37.2. The van der Waals surface area contributed by atoms with Gasteiger partial charge in [0.05, 0.1) is 6.54 Å². The second-order valence-electron chi connectivity index (χ2n) is 4.23. The first-order valence-electron chi connectivity index (χ1n) is 5.99. The number of benzene rings is 1. The lowest BCUT2D eigenvalue weighted by Gasteiger charge is -2.23. The molecule has 0 fully saturated rings. The van der Waals surface area contributed by atoms with Gasteiger partial charge in [0.15, 0.2) is 0 Å². The van der Waals surface area contributed by atoms with Crippen LogP contribution in [0.15, 0.2) is 30.3 Å². The van der Waals surface area contributed by atoms with Gasteiger partial charge in [-0.3, -0.25) is 4.90 Å². The average molecular weight is 260 g/mol. The van der Waals surface area contributed by atoms with E-state index in [4.69, 9.17) is 0 Å². The van der Waals surface area contributed by atoms with E-state index < -0.39 is 12.7 Å². The molecule has 1 N–H and O–H groups in total. The Hall–Kier alpha value is -1.07. The zero-order chi connectivity index (χ0) is 13.4. The van der Waals surface area contributed by atoms with E-state index in [9.17, 15) is 13.2 Å². The molecule has 2 nitrogen and oxygen atoms in total. The molecule has 102 valence electrons. The molecule has 0 spiro atoms. The van der Waals surface area contributed by atoms with Crippen molar-refractivity contribution in [3.05, 3.63) is 35.9 Å².